The Morgan fingerprint density at radius 3 is 1.31 bits per heavy atom. The largest absolute Gasteiger partial charge is 0.506 e. The van der Waals surface area contributed by atoms with Crippen LogP contribution in [-0.2, 0) is 130 Å². The van der Waals surface area contributed by atoms with Gasteiger partial charge in [0.25, 0.3) is 0 Å². The zero-order chi connectivity index (χ0) is 78.3. The van der Waals surface area contributed by atoms with E-state index in [9.17, 15) is 165 Å². The summed E-state index contributed by atoms with van der Waals surface area (Å²) < 4.78 is 192. The fraction of sp³-hybridized carbons (Fsp3) is 0.878. The normalized spacial score (nSPS) is 45.3. The van der Waals surface area contributed by atoms with E-state index >= 15 is 0 Å². The van der Waals surface area contributed by atoms with E-state index in [0.717, 1.165) is 6.92 Å². The maximum atomic E-state index is 13.0. The van der Waals surface area contributed by atoms with Gasteiger partial charge in [0.2, 0.25) is 18.0 Å². The summed E-state index contributed by atoms with van der Waals surface area (Å²) in [6.45, 7) is -5.13. The first-order chi connectivity index (χ1) is 48.8. The van der Waals surface area contributed by atoms with Crippen LogP contribution in [0.15, 0.2) is 11.5 Å². The summed E-state index contributed by atoms with van der Waals surface area (Å²) >= 11 is 0. The molecule has 0 aliphatic carbocycles. The van der Waals surface area contributed by atoms with Crippen molar-refractivity contribution in [3.8, 4) is 0 Å². The van der Waals surface area contributed by atoms with Crippen LogP contribution in [0, 0.1) is 0 Å². The molecule has 8 rings (SSSR count). The molecule has 606 valence electrons. The number of amides is 1. The van der Waals surface area contributed by atoms with Crippen LogP contribution in [0.25, 0.3) is 0 Å². The van der Waals surface area contributed by atoms with E-state index in [0.29, 0.717) is 0 Å². The summed E-state index contributed by atoms with van der Waals surface area (Å²) in [6.07, 6.45) is -84.0. The molecule has 37 atom stereocenters. The number of carbonyl (C=O) groups excluding carboxylic acids is 1. The first-order valence-electron chi connectivity index (χ1n) is 30.4. The number of carbonyl (C=O) groups is 4. The molecule has 0 aromatic heterocycles. The van der Waals surface area contributed by atoms with Crippen LogP contribution in [0.2, 0.25) is 0 Å². The van der Waals surface area contributed by atoms with Crippen LogP contribution in [0.3, 0.4) is 0 Å². The Morgan fingerprint density at radius 1 is 0.448 bits per heavy atom. The third-order valence-corrected chi connectivity index (χ3v) is 18.5. The van der Waals surface area contributed by atoms with Crippen molar-refractivity contribution in [2.24, 2.45) is 0 Å². The van der Waals surface area contributed by atoms with Crippen molar-refractivity contribution in [2.45, 2.75) is 234 Å². The molecule has 0 aromatic carbocycles. The molecule has 1 amide bonds. The van der Waals surface area contributed by atoms with E-state index in [-0.39, 0.29) is 0 Å². The van der Waals surface area contributed by atoms with Gasteiger partial charge in [-0.1, -0.05) is 0 Å². The maximum absolute atomic E-state index is 13.0. The molecule has 53 nitrogen and oxygen atoms in total. The standard InChI is InChI=1S/C49H76N2O51S3/c1-7(55)50-13-18(59)29(93-45-25(66)22(63)34(38(100-45)41(74)75)98-44-14(51-103(77,78)79)19(60)30(12(92-44)6-87-104(80,81)82)94-49-36(102-105(83,84)85)21(62)20(61)35(99-49)39(70)71)10(4-54)90-43(13)97-33-23(64)26(67)46(101-37(33)40(72)73)95-32-17(58)9(3-53)89-48(28(32)69)96-31-16(57)8(2-52)88-47(27(31)68)91-11-5-86-42(76)24(65)15(11)56/h8-19,21-34,36-38,42-49,51-54,56-69,76H,2-6H2,1H3,(H,50,55)(H,70,71)(H,72,73)(H,74,75)(H,77,78,79)(H,80,81,82)(H,83,84,85)/t8-,9-,10-,11-,12-,13-,14-,15+,16+,17+,18-,19-,21+,22-,23-,24-,25-,26-,27-,28-,29-,30-,31+,32+,33+,34+,36-,37+,38-,42-,43-,44-,45-,46-,47+,48+,49-/m1/s1. The Kier molecular flexibility index (Phi) is 28.6. The third-order valence-electron chi connectivity index (χ3n) is 17.0. The average Bonchev–Trinajstić information content (AvgIpc) is 0.767. The van der Waals surface area contributed by atoms with Gasteiger partial charge in [0.1, 0.15) is 159 Å². The van der Waals surface area contributed by atoms with Crippen molar-refractivity contribution >= 4 is 54.9 Å². The highest BCUT2D eigenvalue weighted by Gasteiger charge is 2.61. The summed E-state index contributed by atoms with van der Waals surface area (Å²) in [5.41, 5.74) is 0. The molecule has 0 radical (unpaired) electrons. The number of nitrogens with one attached hydrogen (secondary N) is 2. The monoisotopic (exact) mass is 1600 g/mol. The summed E-state index contributed by atoms with van der Waals surface area (Å²) in [5.74, 6) is -11.1. The van der Waals surface area contributed by atoms with Gasteiger partial charge in [-0.2, -0.15) is 30.0 Å². The molecule has 7 fully saturated rings. The van der Waals surface area contributed by atoms with Crippen LogP contribution in [0.5, 0.6) is 0 Å². The van der Waals surface area contributed by atoms with Crippen molar-refractivity contribution < 1.29 is 245 Å². The quantitative estimate of drug-likeness (QED) is 0.0324. The van der Waals surface area contributed by atoms with Crippen molar-refractivity contribution in [1.82, 2.24) is 10.0 Å². The van der Waals surface area contributed by atoms with E-state index in [1.54, 1.807) is 0 Å². The van der Waals surface area contributed by atoms with Crippen LogP contribution in [0.4, 0.5) is 0 Å². The summed E-state index contributed by atoms with van der Waals surface area (Å²) in [4.78, 5) is 50.6. The number of aliphatic hydroxyl groups excluding tert-OH is 18. The second-order valence-corrected chi connectivity index (χ2v) is 27.5. The van der Waals surface area contributed by atoms with Gasteiger partial charge in [0.05, 0.1) is 33.0 Å². The Hall–Kier alpha value is -4.41. The summed E-state index contributed by atoms with van der Waals surface area (Å²) in [5, 5.41) is 230. The number of hydrogen-bond donors (Lipinski definition) is 26. The van der Waals surface area contributed by atoms with Crippen molar-refractivity contribution in [3.63, 3.8) is 0 Å². The molecule has 26 N–H and O–H groups in total. The Morgan fingerprint density at radius 2 is 0.867 bits per heavy atom. The fourth-order valence-corrected chi connectivity index (χ4v) is 13.3. The lowest BCUT2D eigenvalue weighted by Gasteiger charge is -2.50. The predicted molar refractivity (Wildman–Crippen MR) is 305 cm³/mol. The average molecular weight is 1610 g/mol. The number of carboxylic acids is 3. The van der Waals surface area contributed by atoms with E-state index in [4.69, 9.17) is 71.1 Å². The van der Waals surface area contributed by atoms with Crippen LogP contribution in [-0.4, -0.2) is 430 Å². The van der Waals surface area contributed by atoms with Gasteiger partial charge in [0, 0.05) is 6.92 Å². The summed E-state index contributed by atoms with van der Waals surface area (Å²) in [7, 11) is -17.3. The molecule has 8 aliphatic heterocycles. The number of aliphatic hydroxyl groups is 18. The van der Waals surface area contributed by atoms with Gasteiger partial charge in [0.15, 0.2) is 68.1 Å². The molecule has 0 saturated carbocycles. The van der Waals surface area contributed by atoms with Gasteiger partial charge >= 0.3 is 49.0 Å². The number of hydrogen-bond acceptors (Lipinski definition) is 45. The molecule has 7 saturated heterocycles. The zero-order valence-corrected chi connectivity index (χ0v) is 55.3. The minimum Gasteiger partial charge on any atom is -0.506 e. The summed E-state index contributed by atoms with van der Waals surface area (Å²) in [6, 6.07) is -4.96. The smallest absolute Gasteiger partial charge is 0.397 e. The Bertz CT molecular complexity index is 3360. The lowest BCUT2D eigenvalue weighted by molar-refractivity contribution is -0.390. The topological polar surface area (TPSA) is 837 Å². The van der Waals surface area contributed by atoms with Crippen molar-refractivity contribution in [3.05, 3.63) is 11.5 Å². The molecule has 0 unspecified atom stereocenters. The molecule has 0 aromatic rings. The highest BCUT2D eigenvalue weighted by Crippen LogP contribution is 2.40. The number of ether oxygens (including phenoxy) is 15. The first-order valence-corrected chi connectivity index (χ1v) is 34.5. The molecule has 56 heteroatoms. The molecule has 105 heavy (non-hydrogen) atoms. The highest BCUT2D eigenvalue weighted by molar-refractivity contribution is 7.83. The van der Waals surface area contributed by atoms with E-state index < -0.39 is 327 Å². The van der Waals surface area contributed by atoms with Gasteiger partial charge < -0.3 is 184 Å². The van der Waals surface area contributed by atoms with Crippen LogP contribution < -0.4 is 10.0 Å². The first kappa shape index (κ1) is 86.2. The number of rotatable bonds is 28. The Balaban J connectivity index is 0.983. The van der Waals surface area contributed by atoms with E-state index in [1.165, 1.54) is 4.72 Å². The van der Waals surface area contributed by atoms with Gasteiger partial charge in [-0.15, -0.1) is 0 Å². The maximum Gasteiger partial charge on any atom is 0.397 e. The molecule has 8 aliphatic rings. The molecule has 0 bridgehead atoms. The van der Waals surface area contributed by atoms with Gasteiger partial charge in [-0.3, -0.25) is 18.5 Å². The number of carboxylic acid groups (broad SMARTS) is 3. The SMILES string of the molecule is CC(=O)N[C@H]1[C@@H](O[C@H]2[C@H](O)[C@@H](O)[C@H](O[C@H]3[C@@H](O)[C@@H](CO)O[C@@H](O[C@H]4[C@@H](O)[C@@H](CO)O[C@@H](O[C@@H]5CO[C@@H](O)[C@H](O)[C@H]5O)[C@@H]4O)[C@@H]3O)O[C@@H]2C(=O)O)O[C@H](CO)[C@@H](O[C@@H]2O[C@@H](C(=O)O)[C@@H](O[C@H]3O[C@H](COS(=O)(=O)O)[C@@H](O[C@@H]4OC(C(=O)O)=C(O)[C@H](O)[C@H]4OS(=O)(=O)O)[C@H](O)[C@H]3NS(=O)(=O)O)[C@H](O)[C@H]2O)[C@@H]1O. The molecular weight excluding hydrogens is 1530 g/mol. The second kappa shape index (κ2) is 34.9. The lowest BCUT2D eigenvalue weighted by atomic mass is 9.94. The zero-order valence-electron chi connectivity index (χ0n) is 52.9. The minimum absolute atomic E-state index is 0.622. The highest BCUT2D eigenvalue weighted by atomic mass is 32.3. The molecular formula is C49H76N2O51S3. The predicted octanol–water partition coefficient (Wildman–Crippen LogP) is -17.3. The third kappa shape index (κ3) is 19.9. The van der Waals surface area contributed by atoms with Crippen LogP contribution >= 0.6 is 0 Å². The van der Waals surface area contributed by atoms with E-state index in [1.807, 2.05) is 0 Å². The Labute approximate surface area is 586 Å². The minimum atomic E-state index is -5.81. The molecule has 8 heterocycles. The van der Waals surface area contributed by atoms with Crippen LogP contribution in [0.1, 0.15) is 6.92 Å². The van der Waals surface area contributed by atoms with Crippen molar-refractivity contribution in [1.29, 1.82) is 0 Å². The van der Waals surface area contributed by atoms with Gasteiger partial charge in [-0.05, 0) is 0 Å². The lowest BCUT2D eigenvalue weighted by Crippen LogP contribution is -2.71. The second-order valence-electron chi connectivity index (χ2n) is 24.1. The fourth-order valence-electron chi connectivity index (χ4n) is 12.0. The number of aliphatic carboxylic acids is 3. The van der Waals surface area contributed by atoms with E-state index in [2.05, 4.69) is 13.7 Å². The van der Waals surface area contributed by atoms with Gasteiger partial charge in [-0.25, -0.2) is 22.7 Å². The molecule has 0 spiro atoms. The van der Waals surface area contributed by atoms with Crippen molar-refractivity contribution in [2.75, 3.05) is 33.0 Å².